The zero-order valence-electron chi connectivity index (χ0n) is 12.8. The fourth-order valence-corrected chi connectivity index (χ4v) is 1.83. The quantitative estimate of drug-likeness (QED) is 0.600. The highest BCUT2D eigenvalue weighted by atomic mass is 19.4. The van der Waals surface area contributed by atoms with Gasteiger partial charge in [0.15, 0.2) is 5.96 Å². The molecule has 0 aliphatic heterocycles. The van der Waals surface area contributed by atoms with E-state index in [0.717, 1.165) is 17.7 Å². The minimum Gasteiger partial charge on any atom is -0.494 e. The van der Waals surface area contributed by atoms with Crippen LogP contribution in [0.15, 0.2) is 29.3 Å². The molecule has 0 fully saturated rings. The molecule has 124 valence electrons. The van der Waals surface area contributed by atoms with Gasteiger partial charge in [0.25, 0.3) is 0 Å². The van der Waals surface area contributed by atoms with E-state index in [1.807, 2.05) is 31.2 Å². The van der Waals surface area contributed by atoms with E-state index in [0.29, 0.717) is 19.1 Å². The Kier molecular flexibility index (Phi) is 7.56. The molecule has 7 heteroatoms. The van der Waals surface area contributed by atoms with Gasteiger partial charge >= 0.3 is 6.18 Å². The van der Waals surface area contributed by atoms with E-state index >= 15 is 0 Å². The summed E-state index contributed by atoms with van der Waals surface area (Å²) >= 11 is 0. The molecule has 0 saturated heterocycles. The molecule has 0 amide bonds. The number of hydrogen-bond acceptors (Lipinski definition) is 2. The Hall–Kier alpha value is -1.92. The average molecular weight is 317 g/mol. The Morgan fingerprint density at radius 2 is 1.95 bits per heavy atom. The number of alkyl halides is 3. The first-order valence-electron chi connectivity index (χ1n) is 7.17. The maximum atomic E-state index is 12.1. The molecule has 0 atom stereocenters. The molecule has 2 N–H and O–H groups in total. The number of ether oxygens (including phenoxy) is 1. The lowest BCUT2D eigenvalue weighted by Crippen LogP contribution is -2.39. The fraction of sp³-hybridized carbons (Fsp3) is 0.533. The summed E-state index contributed by atoms with van der Waals surface area (Å²) < 4.78 is 41.6. The molecule has 0 aromatic heterocycles. The van der Waals surface area contributed by atoms with Gasteiger partial charge in [0, 0.05) is 20.1 Å². The van der Waals surface area contributed by atoms with E-state index < -0.39 is 12.6 Å². The summed E-state index contributed by atoms with van der Waals surface area (Å²) in [5.74, 6) is 1.18. The van der Waals surface area contributed by atoms with E-state index in [2.05, 4.69) is 15.6 Å². The largest absolute Gasteiger partial charge is 0.494 e. The van der Waals surface area contributed by atoms with Crippen molar-refractivity contribution in [3.63, 3.8) is 0 Å². The van der Waals surface area contributed by atoms with Gasteiger partial charge in [-0.1, -0.05) is 12.1 Å². The zero-order chi connectivity index (χ0) is 16.4. The molecule has 0 aliphatic rings. The van der Waals surface area contributed by atoms with Gasteiger partial charge in [-0.25, -0.2) is 0 Å². The molecule has 4 nitrogen and oxygen atoms in total. The molecule has 0 heterocycles. The number of aliphatic imine (C=N–C) groups is 1. The smallest absolute Gasteiger partial charge is 0.390 e. The molecule has 0 spiro atoms. The van der Waals surface area contributed by atoms with Gasteiger partial charge in [0.05, 0.1) is 13.0 Å². The SMILES string of the molecule is CCOc1cccc(CCNC(=NC)NCCC(F)(F)F)c1. The number of hydrogen-bond donors (Lipinski definition) is 2. The van der Waals surface area contributed by atoms with Crippen LogP contribution in [0.4, 0.5) is 13.2 Å². The van der Waals surface area contributed by atoms with Crippen LogP contribution >= 0.6 is 0 Å². The molecule has 1 rings (SSSR count). The van der Waals surface area contributed by atoms with Crippen molar-refractivity contribution in [2.75, 3.05) is 26.7 Å². The number of nitrogens with zero attached hydrogens (tertiary/aromatic N) is 1. The number of rotatable bonds is 7. The van der Waals surface area contributed by atoms with Crippen molar-refractivity contribution in [1.29, 1.82) is 0 Å². The second-order valence-electron chi connectivity index (χ2n) is 4.62. The molecule has 0 bridgehead atoms. The molecule has 0 aliphatic carbocycles. The molecular formula is C15H22F3N3O. The van der Waals surface area contributed by atoms with E-state index in [-0.39, 0.29) is 6.54 Å². The lowest BCUT2D eigenvalue weighted by atomic mass is 10.1. The Morgan fingerprint density at radius 3 is 2.59 bits per heavy atom. The second-order valence-corrected chi connectivity index (χ2v) is 4.62. The van der Waals surface area contributed by atoms with Crippen molar-refractivity contribution >= 4 is 5.96 Å². The van der Waals surface area contributed by atoms with Crippen molar-refractivity contribution in [3.8, 4) is 5.75 Å². The Morgan fingerprint density at radius 1 is 1.23 bits per heavy atom. The molecular weight excluding hydrogens is 295 g/mol. The van der Waals surface area contributed by atoms with Gasteiger partial charge in [-0.05, 0) is 31.0 Å². The van der Waals surface area contributed by atoms with Crippen LogP contribution in [0.2, 0.25) is 0 Å². The number of benzene rings is 1. The van der Waals surface area contributed by atoms with E-state index in [9.17, 15) is 13.2 Å². The topological polar surface area (TPSA) is 45.6 Å². The highest BCUT2D eigenvalue weighted by molar-refractivity contribution is 5.79. The Balaban J connectivity index is 2.33. The summed E-state index contributed by atoms with van der Waals surface area (Å²) in [6, 6.07) is 7.73. The predicted molar refractivity (Wildman–Crippen MR) is 81.4 cm³/mol. The van der Waals surface area contributed by atoms with Crippen molar-refractivity contribution < 1.29 is 17.9 Å². The molecule has 1 aromatic carbocycles. The van der Waals surface area contributed by atoms with E-state index in [1.54, 1.807) is 0 Å². The monoisotopic (exact) mass is 317 g/mol. The first-order valence-corrected chi connectivity index (χ1v) is 7.17. The third-order valence-corrected chi connectivity index (χ3v) is 2.84. The van der Waals surface area contributed by atoms with Gasteiger partial charge < -0.3 is 15.4 Å². The van der Waals surface area contributed by atoms with Gasteiger partial charge in [-0.3, -0.25) is 4.99 Å². The standard InChI is InChI=1S/C15H22F3N3O/c1-3-22-13-6-4-5-12(11-13)7-9-20-14(19-2)21-10-8-15(16,17)18/h4-6,11H,3,7-10H2,1-2H3,(H2,19,20,21). The van der Waals surface area contributed by atoms with Crippen molar-refractivity contribution in [1.82, 2.24) is 10.6 Å². The Bertz CT molecular complexity index is 475. The van der Waals surface area contributed by atoms with Gasteiger partial charge in [0.1, 0.15) is 5.75 Å². The zero-order valence-corrected chi connectivity index (χ0v) is 12.8. The van der Waals surface area contributed by atoms with Crippen LogP contribution in [-0.4, -0.2) is 38.9 Å². The highest BCUT2D eigenvalue weighted by Gasteiger charge is 2.26. The fourth-order valence-electron chi connectivity index (χ4n) is 1.83. The minimum atomic E-state index is -4.16. The van der Waals surface area contributed by atoms with Crippen LogP contribution < -0.4 is 15.4 Å². The van der Waals surface area contributed by atoms with Crippen LogP contribution in [0, 0.1) is 0 Å². The normalized spacial score (nSPS) is 12.1. The third-order valence-electron chi connectivity index (χ3n) is 2.84. The van der Waals surface area contributed by atoms with Crippen LogP contribution in [0.25, 0.3) is 0 Å². The van der Waals surface area contributed by atoms with Crippen molar-refractivity contribution in [2.24, 2.45) is 4.99 Å². The molecule has 1 aromatic rings. The number of halogens is 3. The lowest BCUT2D eigenvalue weighted by Gasteiger charge is -2.13. The van der Waals surface area contributed by atoms with Crippen LogP contribution in [0.1, 0.15) is 18.9 Å². The highest BCUT2D eigenvalue weighted by Crippen LogP contribution is 2.18. The average Bonchev–Trinajstić information content (AvgIpc) is 2.45. The predicted octanol–water partition coefficient (Wildman–Crippen LogP) is 2.75. The maximum Gasteiger partial charge on any atom is 0.390 e. The summed E-state index contributed by atoms with van der Waals surface area (Å²) in [6.07, 6.45) is -4.32. The molecule has 22 heavy (non-hydrogen) atoms. The van der Waals surface area contributed by atoms with Crippen LogP contribution in [0.3, 0.4) is 0 Å². The van der Waals surface area contributed by atoms with Gasteiger partial charge in [0.2, 0.25) is 0 Å². The van der Waals surface area contributed by atoms with E-state index in [1.165, 1.54) is 7.05 Å². The number of nitrogens with one attached hydrogen (secondary N) is 2. The summed E-state index contributed by atoms with van der Waals surface area (Å²) in [5, 5.41) is 5.62. The third kappa shape index (κ3) is 7.75. The maximum absolute atomic E-state index is 12.1. The summed E-state index contributed by atoms with van der Waals surface area (Å²) in [6.45, 7) is 2.91. The summed E-state index contributed by atoms with van der Waals surface area (Å²) in [7, 11) is 1.53. The Labute approximate surface area is 128 Å². The molecule has 0 saturated carbocycles. The molecule has 0 unspecified atom stereocenters. The first kappa shape index (κ1) is 18.1. The van der Waals surface area contributed by atoms with Crippen LogP contribution in [0.5, 0.6) is 5.75 Å². The second kappa shape index (κ2) is 9.17. The molecule has 0 radical (unpaired) electrons. The summed E-state index contributed by atoms with van der Waals surface area (Å²) in [5.41, 5.74) is 1.09. The van der Waals surface area contributed by atoms with Crippen molar-refractivity contribution in [2.45, 2.75) is 25.9 Å². The minimum absolute atomic E-state index is 0.191. The van der Waals surface area contributed by atoms with Gasteiger partial charge in [-0.2, -0.15) is 13.2 Å². The first-order chi connectivity index (χ1) is 10.4. The lowest BCUT2D eigenvalue weighted by molar-refractivity contribution is -0.132. The number of guanidine groups is 1. The van der Waals surface area contributed by atoms with E-state index in [4.69, 9.17) is 4.74 Å². The van der Waals surface area contributed by atoms with Gasteiger partial charge in [-0.15, -0.1) is 0 Å². The van der Waals surface area contributed by atoms with Crippen molar-refractivity contribution in [3.05, 3.63) is 29.8 Å². The summed E-state index contributed by atoms with van der Waals surface area (Å²) in [4.78, 5) is 3.89. The van der Waals surface area contributed by atoms with Crippen LogP contribution in [-0.2, 0) is 6.42 Å².